The second-order valence-corrected chi connectivity index (χ2v) is 3.91. The quantitative estimate of drug-likeness (QED) is 0.819. The van der Waals surface area contributed by atoms with Crippen LogP contribution in [-0.4, -0.2) is 4.98 Å². The summed E-state index contributed by atoms with van der Waals surface area (Å²) in [5, 5.41) is 8.99. The van der Waals surface area contributed by atoms with Crippen molar-refractivity contribution in [1.82, 2.24) is 4.98 Å². The van der Waals surface area contributed by atoms with Crippen LogP contribution in [0, 0.1) is 18.3 Å². The van der Waals surface area contributed by atoms with Crippen LogP contribution >= 0.6 is 0 Å². The van der Waals surface area contributed by atoms with E-state index in [2.05, 4.69) is 4.98 Å². The average Bonchev–Trinajstić information content (AvgIpc) is 2.69. The number of hydrogen-bond donors (Lipinski definition) is 1. The van der Waals surface area contributed by atoms with Gasteiger partial charge in [-0.05, 0) is 30.2 Å². The van der Waals surface area contributed by atoms with Crippen molar-refractivity contribution in [1.29, 1.82) is 5.26 Å². The first kappa shape index (κ1) is 12.2. The summed E-state index contributed by atoms with van der Waals surface area (Å²) in [5.41, 5.74) is 1.13. The van der Waals surface area contributed by atoms with Crippen molar-refractivity contribution in [2.75, 3.05) is 0 Å². The monoisotopic (exact) mass is 250 g/mol. The molecule has 92 valence electrons. The predicted octanol–water partition coefficient (Wildman–Crippen LogP) is 3.88. The van der Waals surface area contributed by atoms with Crippen LogP contribution in [0.1, 0.15) is 16.7 Å². The summed E-state index contributed by atoms with van der Waals surface area (Å²) in [5.74, 6) is 0. The number of aryl methyl sites for hydroxylation is 1. The number of nitriles is 1. The summed E-state index contributed by atoms with van der Waals surface area (Å²) in [6.45, 7) is 1.73. The molecule has 0 bridgehead atoms. The second kappa shape index (κ2) is 4.22. The molecule has 2 nitrogen and oxygen atoms in total. The Labute approximate surface area is 102 Å². The number of halogens is 3. The Hall–Kier alpha value is -2.22. The third-order valence-electron chi connectivity index (χ3n) is 2.67. The highest BCUT2D eigenvalue weighted by molar-refractivity contribution is 5.69. The van der Waals surface area contributed by atoms with Gasteiger partial charge in [0.1, 0.15) is 6.07 Å². The maximum atomic E-state index is 12.6. The van der Waals surface area contributed by atoms with E-state index in [1.165, 1.54) is 6.07 Å². The van der Waals surface area contributed by atoms with Gasteiger partial charge in [-0.3, -0.25) is 0 Å². The number of rotatable bonds is 1. The van der Waals surface area contributed by atoms with E-state index in [9.17, 15) is 13.2 Å². The Balaban J connectivity index is 2.56. The van der Waals surface area contributed by atoms with Crippen LogP contribution in [0.15, 0.2) is 30.5 Å². The maximum absolute atomic E-state index is 12.6. The van der Waals surface area contributed by atoms with Crippen molar-refractivity contribution < 1.29 is 13.2 Å². The molecular weight excluding hydrogens is 241 g/mol. The lowest BCUT2D eigenvalue weighted by atomic mass is 10.0. The van der Waals surface area contributed by atoms with Crippen molar-refractivity contribution >= 4 is 0 Å². The molecule has 0 amide bonds. The minimum Gasteiger partial charge on any atom is -0.360 e. The minimum atomic E-state index is -4.38. The van der Waals surface area contributed by atoms with E-state index in [-0.39, 0.29) is 0 Å². The van der Waals surface area contributed by atoms with Crippen molar-refractivity contribution in [2.24, 2.45) is 0 Å². The molecular formula is C13H9F3N2. The van der Waals surface area contributed by atoms with Crippen LogP contribution in [0.3, 0.4) is 0 Å². The van der Waals surface area contributed by atoms with Gasteiger partial charge in [-0.25, -0.2) is 0 Å². The Morgan fingerprint density at radius 1 is 1.28 bits per heavy atom. The molecule has 0 unspecified atom stereocenters. The average molecular weight is 250 g/mol. The van der Waals surface area contributed by atoms with Gasteiger partial charge in [-0.2, -0.15) is 18.4 Å². The van der Waals surface area contributed by atoms with E-state index < -0.39 is 11.7 Å². The van der Waals surface area contributed by atoms with Crippen molar-refractivity contribution in [2.45, 2.75) is 13.1 Å². The minimum absolute atomic E-state index is 0.356. The fourth-order valence-corrected chi connectivity index (χ4v) is 1.74. The molecule has 0 saturated carbocycles. The molecule has 1 aromatic carbocycles. The predicted molar refractivity (Wildman–Crippen MR) is 60.7 cm³/mol. The first-order chi connectivity index (χ1) is 8.43. The first-order valence-corrected chi connectivity index (χ1v) is 5.19. The van der Waals surface area contributed by atoms with Gasteiger partial charge < -0.3 is 4.98 Å². The number of aromatic amines is 1. The molecule has 0 spiro atoms. The Morgan fingerprint density at radius 2 is 2.00 bits per heavy atom. The smallest absolute Gasteiger partial charge is 0.360 e. The normalized spacial score (nSPS) is 11.3. The molecule has 1 aromatic heterocycles. The van der Waals surface area contributed by atoms with Crippen LogP contribution in [0.2, 0.25) is 0 Å². The molecule has 1 N–H and O–H groups in total. The van der Waals surface area contributed by atoms with Crippen molar-refractivity contribution in [3.8, 4) is 17.3 Å². The standard InChI is InChI=1S/C13H9F3N2/c1-8-7-18-12(11(8)6-17)9-3-2-4-10(5-9)13(14,15)16/h2-5,7,18H,1H3. The second-order valence-electron chi connectivity index (χ2n) is 3.91. The summed E-state index contributed by atoms with van der Waals surface area (Å²) in [6, 6.07) is 6.90. The lowest BCUT2D eigenvalue weighted by Crippen LogP contribution is -2.04. The summed E-state index contributed by atoms with van der Waals surface area (Å²) < 4.78 is 37.8. The Kier molecular flexibility index (Phi) is 2.87. The summed E-state index contributed by atoms with van der Waals surface area (Å²) in [6.07, 6.45) is -2.78. The fraction of sp³-hybridized carbons (Fsp3) is 0.154. The summed E-state index contributed by atoms with van der Waals surface area (Å²) in [7, 11) is 0. The van der Waals surface area contributed by atoms with Gasteiger partial charge in [-0.15, -0.1) is 0 Å². The van der Waals surface area contributed by atoms with E-state index in [1.54, 1.807) is 19.2 Å². The molecule has 0 saturated heterocycles. The molecule has 0 aliphatic carbocycles. The molecule has 1 heterocycles. The number of alkyl halides is 3. The number of nitrogens with one attached hydrogen (secondary N) is 1. The van der Waals surface area contributed by atoms with Crippen LogP contribution in [0.4, 0.5) is 13.2 Å². The summed E-state index contributed by atoms with van der Waals surface area (Å²) in [4.78, 5) is 2.83. The van der Waals surface area contributed by atoms with E-state index >= 15 is 0 Å². The highest BCUT2D eigenvalue weighted by atomic mass is 19.4. The number of aromatic nitrogens is 1. The lowest BCUT2D eigenvalue weighted by molar-refractivity contribution is -0.137. The number of nitrogens with zero attached hydrogens (tertiary/aromatic N) is 1. The molecule has 2 aromatic rings. The van der Waals surface area contributed by atoms with Crippen LogP contribution in [0.5, 0.6) is 0 Å². The van der Waals surface area contributed by atoms with Gasteiger partial charge in [0.25, 0.3) is 0 Å². The zero-order valence-electron chi connectivity index (χ0n) is 9.47. The number of benzene rings is 1. The Bertz CT molecular complexity index is 618. The molecule has 0 aliphatic rings. The number of H-pyrrole nitrogens is 1. The Morgan fingerprint density at radius 3 is 2.61 bits per heavy atom. The van der Waals surface area contributed by atoms with Gasteiger partial charge >= 0.3 is 6.18 Å². The lowest BCUT2D eigenvalue weighted by Gasteiger charge is -2.08. The highest BCUT2D eigenvalue weighted by Crippen LogP contribution is 2.33. The van der Waals surface area contributed by atoms with Crippen LogP contribution in [-0.2, 0) is 6.18 Å². The van der Waals surface area contributed by atoms with Crippen LogP contribution < -0.4 is 0 Å². The third-order valence-corrected chi connectivity index (χ3v) is 2.67. The van der Waals surface area contributed by atoms with E-state index in [4.69, 9.17) is 5.26 Å². The molecule has 2 rings (SSSR count). The van der Waals surface area contributed by atoms with E-state index in [0.717, 1.165) is 12.1 Å². The van der Waals surface area contributed by atoms with Gasteiger partial charge in [0.2, 0.25) is 0 Å². The SMILES string of the molecule is Cc1c[nH]c(-c2cccc(C(F)(F)F)c2)c1C#N. The molecule has 0 fully saturated rings. The first-order valence-electron chi connectivity index (χ1n) is 5.19. The largest absolute Gasteiger partial charge is 0.416 e. The number of hydrogen-bond acceptors (Lipinski definition) is 1. The van der Waals surface area contributed by atoms with Gasteiger partial charge in [0.05, 0.1) is 16.8 Å². The topological polar surface area (TPSA) is 39.6 Å². The molecule has 0 aliphatic heterocycles. The maximum Gasteiger partial charge on any atom is 0.416 e. The van der Waals surface area contributed by atoms with Gasteiger partial charge in [0, 0.05) is 6.20 Å². The van der Waals surface area contributed by atoms with E-state index in [0.29, 0.717) is 22.4 Å². The zero-order valence-corrected chi connectivity index (χ0v) is 9.47. The highest BCUT2D eigenvalue weighted by Gasteiger charge is 2.30. The molecule has 18 heavy (non-hydrogen) atoms. The van der Waals surface area contributed by atoms with Crippen molar-refractivity contribution in [3.63, 3.8) is 0 Å². The van der Waals surface area contributed by atoms with Gasteiger partial charge in [-0.1, -0.05) is 12.1 Å². The van der Waals surface area contributed by atoms with Crippen molar-refractivity contribution in [3.05, 3.63) is 47.2 Å². The molecule has 0 radical (unpaired) electrons. The van der Waals surface area contributed by atoms with Crippen LogP contribution in [0.25, 0.3) is 11.3 Å². The molecule has 0 atom stereocenters. The van der Waals surface area contributed by atoms with E-state index in [1.807, 2.05) is 6.07 Å². The molecule has 5 heteroatoms. The van der Waals surface area contributed by atoms with Gasteiger partial charge in [0.15, 0.2) is 0 Å². The zero-order chi connectivity index (χ0) is 13.3. The third kappa shape index (κ3) is 2.09. The fourth-order valence-electron chi connectivity index (χ4n) is 1.74. The summed E-state index contributed by atoms with van der Waals surface area (Å²) >= 11 is 0.